The van der Waals surface area contributed by atoms with E-state index in [0.717, 1.165) is 10.0 Å². The van der Waals surface area contributed by atoms with Crippen molar-refractivity contribution in [3.8, 4) is 0 Å². The van der Waals surface area contributed by atoms with E-state index >= 15 is 0 Å². The Bertz CT molecular complexity index is 656. The lowest BCUT2D eigenvalue weighted by atomic mass is 10.1. The Hall–Kier alpha value is -2.28. The summed E-state index contributed by atoms with van der Waals surface area (Å²) in [6.45, 7) is 2.21. The van der Waals surface area contributed by atoms with Crippen LogP contribution in [0.5, 0.6) is 0 Å². The number of ketones is 1. The van der Waals surface area contributed by atoms with Crippen LogP contribution >= 0.6 is 15.9 Å². The standard InChI is InChI=1S/C15H15BrN4O2/c1-10-2-4-11(5-3-10)13(21)6-7-17-15(22)20-14-18-8-12(16)9-19-14/h2-5,8-9H,6-7H2,1H3,(H2,17,18,19,20,22). The first-order valence-electron chi connectivity index (χ1n) is 6.67. The number of urea groups is 1. The summed E-state index contributed by atoms with van der Waals surface area (Å²) in [5.74, 6) is 0.186. The van der Waals surface area contributed by atoms with Gasteiger partial charge in [0.15, 0.2) is 5.78 Å². The number of Topliss-reactive ketones (excluding diaryl/α,β-unsaturated/α-hetero) is 1. The highest BCUT2D eigenvalue weighted by Crippen LogP contribution is 2.07. The van der Waals surface area contributed by atoms with Gasteiger partial charge in [-0.25, -0.2) is 14.8 Å². The zero-order valence-corrected chi connectivity index (χ0v) is 13.6. The van der Waals surface area contributed by atoms with Crippen LogP contribution in [0.2, 0.25) is 0 Å². The van der Waals surface area contributed by atoms with Gasteiger partial charge in [-0.05, 0) is 22.9 Å². The van der Waals surface area contributed by atoms with Crippen molar-refractivity contribution in [1.82, 2.24) is 15.3 Å². The van der Waals surface area contributed by atoms with Gasteiger partial charge in [-0.15, -0.1) is 0 Å². The lowest BCUT2D eigenvalue weighted by molar-refractivity contribution is 0.0984. The highest BCUT2D eigenvalue weighted by atomic mass is 79.9. The number of anilines is 1. The van der Waals surface area contributed by atoms with E-state index in [4.69, 9.17) is 0 Å². The van der Waals surface area contributed by atoms with Crippen LogP contribution in [-0.2, 0) is 0 Å². The highest BCUT2D eigenvalue weighted by molar-refractivity contribution is 9.10. The molecule has 1 aromatic heterocycles. The van der Waals surface area contributed by atoms with Gasteiger partial charge in [0.2, 0.25) is 5.95 Å². The summed E-state index contributed by atoms with van der Waals surface area (Å²) in [6, 6.07) is 6.90. The minimum absolute atomic E-state index is 0.0137. The van der Waals surface area contributed by atoms with Crippen molar-refractivity contribution in [2.24, 2.45) is 0 Å². The van der Waals surface area contributed by atoms with Crippen LogP contribution in [0.1, 0.15) is 22.3 Å². The van der Waals surface area contributed by atoms with Gasteiger partial charge < -0.3 is 5.32 Å². The first-order chi connectivity index (χ1) is 10.5. The summed E-state index contributed by atoms with van der Waals surface area (Å²) in [7, 11) is 0. The number of aromatic nitrogens is 2. The fraction of sp³-hybridized carbons (Fsp3) is 0.200. The normalized spacial score (nSPS) is 10.1. The Balaban J connectivity index is 1.75. The number of nitrogens with zero attached hydrogens (tertiary/aromatic N) is 2. The number of nitrogens with one attached hydrogen (secondary N) is 2. The van der Waals surface area contributed by atoms with Crippen molar-refractivity contribution in [3.05, 3.63) is 52.3 Å². The van der Waals surface area contributed by atoms with Crippen molar-refractivity contribution in [1.29, 1.82) is 0 Å². The van der Waals surface area contributed by atoms with E-state index in [2.05, 4.69) is 36.5 Å². The molecule has 0 radical (unpaired) electrons. The fourth-order valence-corrected chi connectivity index (χ4v) is 1.90. The molecule has 0 unspecified atom stereocenters. The molecule has 22 heavy (non-hydrogen) atoms. The monoisotopic (exact) mass is 362 g/mol. The molecular weight excluding hydrogens is 348 g/mol. The Kier molecular flexibility index (Phi) is 5.60. The smallest absolute Gasteiger partial charge is 0.321 e. The second-order valence-corrected chi connectivity index (χ2v) is 5.56. The van der Waals surface area contributed by atoms with Gasteiger partial charge in [-0.1, -0.05) is 29.8 Å². The molecule has 1 aromatic carbocycles. The second kappa shape index (κ2) is 7.65. The average molecular weight is 363 g/mol. The van der Waals surface area contributed by atoms with Gasteiger partial charge in [-0.2, -0.15) is 0 Å². The number of carbonyl (C=O) groups is 2. The molecule has 1 heterocycles. The van der Waals surface area contributed by atoms with Crippen LogP contribution < -0.4 is 10.6 Å². The van der Waals surface area contributed by atoms with Crippen molar-refractivity contribution >= 4 is 33.7 Å². The average Bonchev–Trinajstić information content (AvgIpc) is 2.50. The van der Waals surface area contributed by atoms with Crippen molar-refractivity contribution < 1.29 is 9.59 Å². The van der Waals surface area contributed by atoms with Crippen LogP contribution in [0.3, 0.4) is 0 Å². The molecule has 114 valence electrons. The number of amides is 2. The molecule has 2 N–H and O–H groups in total. The molecule has 0 spiro atoms. The lowest BCUT2D eigenvalue weighted by Gasteiger charge is -2.06. The third-order valence-corrected chi connectivity index (χ3v) is 3.27. The maximum Gasteiger partial charge on any atom is 0.321 e. The zero-order valence-electron chi connectivity index (χ0n) is 12.0. The van der Waals surface area contributed by atoms with Crippen LogP contribution in [0.4, 0.5) is 10.7 Å². The maximum atomic E-state index is 11.9. The Morgan fingerprint density at radius 2 is 1.77 bits per heavy atom. The molecule has 0 aliphatic heterocycles. The third-order valence-electron chi connectivity index (χ3n) is 2.86. The lowest BCUT2D eigenvalue weighted by Crippen LogP contribution is -2.31. The predicted octanol–water partition coefficient (Wildman–Crippen LogP) is 2.94. The first-order valence-corrected chi connectivity index (χ1v) is 7.46. The van der Waals surface area contributed by atoms with Gasteiger partial charge in [0.05, 0.1) is 4.47 Å². The summed E-state index contributed by atoms with van der Waals surface area (Å²) in [5, 5.41) is 5.08. The summed E-state index contributed by atoms with van der Waals surface area (Å²) in [6.07, 6.45) is 3.30. The third kappa shape index (κ3) is 4.92. The molecule has 0 fully saturated rings. The number of rotatable bonds is 5. The SMILES string of the molecule is Cc1ccc(C(=O)CCNC(=O)Nc2ncc(Br)cn2)cc1. The van der Waals surface area contributed by atoms with E-state index in [9.17, 15) is 9.59 Å². The second-order valence-electron chi connectivity index (χ2n) is 4.64. The molecule has 0 aliphatic carbocycles. The van der Waals surface area contributed by atoms with E-state index in [0.29, 0.717) is 5.56 Å². The molecule has 7 heteroatoms. The molecule has 0 bridgehead atoms. The number of benzene rings is 1. The largest absolute Gasteiger partial charge is 0.337 e. The summed E-state index contributed by atoms with van der Waals surface area (Å²) in [5.41, 5.74) is 1.74. The van der Waals surface area contributed by atoms with Gasteiger partial charge in [-0.3, -0.25) is 10.1 Å². The summed E-state index contributed by atoms with van der Waals surface area (Å²) < 4.78 is 0.724. The first kappa shape index (κ1) is 16.1. The van der Waals surface area contributed by atoms with Gasteiger partial charge in [0, 0.05) is 30.9 Å². The van der Waals surface area contributed by atoms with Crippen LogP contribution in [0.25, 0.3) is 0 Å². The molecule has 0 atom stereocenters. The molecular formula is C15H15BrN4O2. The quantitative estimate of drug-likeness (QED) is 0.800. The van der Waals surface area contributed by atoms with E-state index in [-0.39, 0.29) is 24.7 Å². The molecule has 2 amide bonds. The molecule has 0 aliphatic rings. The van der Waals surface area contributed by atoms with Crippen LogP contribution in [0.15, 0.2) is 41.1 Å². The number of halogens is 1. The Morgan fingerprint density at radius 3 is 2.41 bits per heavy atom. The Morgan fingerprint density at radius 1 is 1.14 bits per heavy atom. The van der Waals surface area contributed by atoms with Gasteiger partial charge in [0.1, 0.15) is 0 Å². The van der Waals surface area contributed by atoms with E-state index in [1.165, 1.54) is 12.4 Å². The number of hydrogen-bond donors (Lipinski definition) is 2. The van der Waals surface area contributed by atoms with Crippen molar-refractivity contribution in [3.63, 3.8) is 0 Å². The molecule has 2 aromatic rings. The zero-order chi connectivity index (χ0) is 15.9. The van der Waals surface area contributed by atoms with E-state index < -0.39 is 6.03 Å². The predicted molar refractivity (Wildman–Crippen MR) is 86.9 cm³/mol. The molecule has 0 saturated heterocycles. The summed E-state index contributed by atoms with van der Waals surface area (Å²) >= 11 is 3.21. The minimum atomic E-state index is -0.445. The van der Waals surface area contributed by atoms with Crippen LogP contribution in [0, 0.1) is 6.92 Å². The topological polar surface area (TPSA) is 84.0 Å². The minimum Gasteiger partial charge on any atom is -0.337 e. The number of aryl methyl sites for hydroxylation is 1. The molecule has 6 nitrogen and oxygen atoms in total. The molecule has 2 rings (SSSR count). The van der Waals surface area contributed by atoms with Crippen molar-refractivity contribution in [2.45, 2.75) is 13.3 Å². The maximum absolute atomic E-state index is 11.9. The number of hydrogen-bond acceptors (Lipinski definition) is 4. The number of carbonyl (C=O) groups excluding carboxylic acids is 2. The Labute approximate surface area is 136 Å². The van der Waals surface area contributed by atoms with Gasteiger partial charge >= 0.3 is 6.03 Å². The van der Waals surface area contributed by atoms with E-state index in [1.807, 2.05) is 19.1 Å². The van der Waals surface area contributed by atoms with Crippen LogP contribution in [-0.4, -0.2) is 28.3 Å². The van der Waals surface area contributed by atoms with Gasteiger partial charge in [0.25, 0.3) is 0 Å². The highest BCUT2D eigenvalue weighted by Gasteiger charge is 2.07. The van der Waals surface area contributed by atoms with Crippen molar-refractivity contribution in [2.75, 3.05) is 11.9 Å². The summed E-state index contributed by atoms with van der Waals surface area (Å²) in [4.78, 5) is 31.4. The fourth-order valence-electron chi connectivity index (χ4n) is 1.70. The van der Waals surface area contributed by atoms with E-state index in [1.54, 1.807) is 12.1 Å². The molecule has 0 saturated carbocycles.